The van der Waals surface area contributed by atoms with E-state index in [1.54, 1.807) is 17.0 Å². The van der Waals surface area contributed by atoms with Crippen molar-refractivity contribution in [3.05, 3.63) is 65.2 Å². The van der Waals surface area contributed by atoms with E-state index < -0.39 is 15.6 Å². The van der Waals surface area contributed by atoms with Gasteiger partial charge in [-0.05, 0) is 42.2 Å². The summed E-state index contributed by atoms with van der Waals surface area (Å²) in [5.74, 6) is 0.195. The second-order valence-electron chi connectivity index (χ2n) is 7.50. The number of sulfonamides is 1. The van der Waals surface area contributed by atoms with E-state index >= 15 is 0 Å². The van der Waals surface area contributed by atoms with Gasteiger partial charge >= 0.3 is 0 Å². The molecule has 2 aliphatic rings. The average molecular weight is 370 g/mol. The average Bonchev–Trinajstić information content (AvgIpc) is 3.06. The molecule has 26 heavy (non-hydrogen) atoms. The Labute approximate surface area is 154 Å². The van der Waals surface area contributed by atoms with Crippen LogP contribution < -0.4 is 4.72 Å². The molecule has 0 unspecified atom stereocenters. The molecule has 6 heteroatoms. The number of hydrogen-bond acceptors (Lipinski definition) is 3. The molecule has 0 saturated heterocycles. The van der Waals surface area contributed by atoms with E-state index in [1.165, 1.54) is 6.92 Å². The van der Waals surface area contributed by atoms with Gasteiger partial charge in [0.05, 0.1) is 4.90 Å². The fourth-order valence-corrected chi connectivity index (χ4v) is 5.28. The minimum absolute atomic E-state index is 0.0000680. The number of nitrogens with zero attached hydrogens (tertiary/aromatic N) is 1. The highest BCUT2D eigenvalue weighted by Gasteiger charge is 2.53. The lowest BCUT2D eigenvalue weighted by molar-refractivity contribution is -0.129. The molecule has 1 amide bonds. The van der Waals surface area contributed by atoms with Crippen LogP contribution in [0.5, 0.6) is 0 Å². The van der Waals surface area contributed by atoms with Crippen LogP contribution in [0.1, 0.15) is 42.9 Å². The summed E-state index contributed by atoms with van der Waals surface area (Å²) in [7, 11) is -3.61. The maximum Gasteiger partial charge on any atom is 0.241 e. The monoisotopic (exact) mass is 370 g/mol. The van der Waals surface area contributed by atoms with Crippen molar-refractivity contribution in [2.75, 3.05) is 0 Å². The van der Waals surface area contributed by atoms with Crippen molar-refractivity contribution in [1.82, 2.24) is 9.62 Å². The molecule has 0 spiro atoms. The first kappa shape index (κ1) is 17.2. The zero-order valence-electron chi connectivity index (χ0n) is 14.9. The number of rotatable bonds is 4. The number of nitrogens with one attached hydrogen (secondary N) is 1. The van der Waals surface area contributed by atoms with Crippen molar-refractivity contribution in [2.24, 2.45) is 0 Å². The largest absolute Gasteiger partial charge is 0.334 e. The maximum absolute atomic E-state index is 12.9. The Balaban J connectivity index is 1.54. The first-order valence-electron chi connectivity index (χ1n) is 8.75. The van der Waals surface area contributed by atoms with E-state index in [4.69, 9.17) is 0 Å². The van der Waals surface area contributed by atoms with Crippen molar-refractivity contribution >= 4 is 15.9 Å². The van der Waals surface area contributed by atoms with Gasteiger partial charge in [0.25, 0.3) is 0 Å². The second-order valence-corrected chi connectivity index (χ2v) is 9.18. The van der Waals surface area contributed by atoms with Gasteiger partial charge in [0.15, 0.2) is 0 Å². The predicted molar refractivity (Wildman–Crippen MR) is 98.9 cm³/mol. The predicted octanol–water partition coefficient (Wildman–Crippen LogP) is 2.77. The molecule has 136 valence electrons. The van der Waals surface area contributed by atoms with Crippen LogP contribution in [0.25, 0.3) is 0 Å². The molecule has 0 radical (unpaired) electrons. The van der Waals surface area contributed by atoms with Crippen LogP contribution in [0.4, 0.5) is 0 Å². The van der Waals surface area contributed by atoms with Gasteiger partial charge in [0.2, 0.25) is 15.9 Å². The minimum atomic E-state index is -3.61. The van der Waals surface area contributed by atoms with Crippen LogP contribution >= 0.6 is 0 Å². The molecule has 1 fully saturated rings. The highest BCUT2D eigenvalue weighted by molar-refractivity contribution is 7.89. The number of benzene rings is 2. The van der Waals surface area contributed by atoms with Crippen molar-refractivity contribution in [1.29, 1.82) is 0 Å². The highest BCUT2D eigenvalue weighted by atomic mass is 32.2. The summed E-state index contributed by atoms with van der Waals surface area (Å²) >= 11 is 0. The molecule has 4 rings (SSSR count). The van der Waals surface area contributed by atoms with Gasteiger partial charge < -0.3 is 4.90 Å². The standard InChI is InChI=1S/C20H22N2O3S/c1-14(23)22-12-16-8-9-18(10-17(16)13-22)26(24,25)21-20(2)11-19(20)15-6-4-3-5-7-15/h3-10,19,21H,11-13H2,1-2H3/t19-,20+/m1/s1. The summed E-state index contributed by atoms with van der Waals surface area (Å²) in [6, 6.07) is 15.1. The zero-order chi connectivity index (χ0) is 18.5. The van der Waals surface area contributed by atoms with E-state index in [0.717, 1.165) is 23.1 Å². The van der Waals surface area contributed by atoms with Gasteiger partial charge in [-0.25, -0.2) is 13.1 Å². The van der Waals surface area contributed by atoms with Crippen LogP contribution in [-0.2, 0) is 27.9 Å². The number of amides is 1. The molecule has 1 aliphatic heterocycles. The van der Waals surface area contributed by atoms with E-state index in [9.17, 15) is 13.2 Å². The van der Waals surface area contributed by atoms with Gasteiger partial charge in [0.1, 0.15) is 0 Å². The molecule has 0 aromatic heterocycles. The van der Waals surface area contributed by atoms with Crippen LogP contribution in [0.3, 0.4) is 0 Å². The van der Waals surface area contributed by atoms with E-state index in [0.29, 0.717) is 13.1 Å². The lowest BCUT2D eigenvalue weighted by atomic mass is 10.1. The first-order valence-corrected chi connectivity index (χ1v) is 10.2. The van der Waals surface area contributed by atoms with Crippen molar-refractivity contribution in [2.45, 2.75) is 49.7 Å². The summed E-state index contributed by atoms with van der Waals surface area (Å²) in [6.45, 7) is 4.50. The van der Waals surface area contributed by atoms with Crippen LogP contribution in [0, 0.1) is 0 Å². The molecule has 5 nitrogen and oxygen atoms in total. The molecule has 1 aliphatic carbocycles. The fourth-order valence-electron chi connectivity index (χ4n) is 3.78. The first-order chi connectivity index (χ1) is 12.3. The number of carbonyl (C=O) groups is 1. The molecule has 2 aromatic carbocycles. The molecule has 2 atom stereocenters. The third-order valence-electron chi connectivity index (χ3n) is 5.46. The number of carbonyl (C=O) groups excluding carboxylic acids is 1. The fraction of sp³-hybridized carbons (Fsp3) is 0.350. The molecule has 0 bridgehead atoms. The van der Waals surface area contributed by atoms with Crippen LogP contribution in [0.2, 0.25) is 0 Å². The molecule has 2 aromatic rings. The summed E-state index contributed by atoms with van der Waals surface area (Å²) in [6.07, 6.45) is 0.791. The highest BCUT2D eigenvalue weighted by Crippen LogP contribution is 2.51. The van der Waals surface area contributed by atoms with Gasteiger partial charge in [-0.15, -0.1) is 0 Å². The zero-order valence-corrected chi connectivity index (χ0v) is 15.7. The van der Waals surface area contributed by atoms with Crippen molar-refractivity contribution in [3.63, 3.8) is 0 Å². The SMILES string of the molecule is CC(=O)N1Cc2ccc(S(=O)(=O)N[C@@]3(C)C[C@@H]3c3ccccc3)cc2C1. The van der Waals surface area contributed by atoms with Crippen molar-refractivity contribution in [3.8, 4) is 0 Å². The summed E-state index contributed by atoms with van der Waals surface area (Å²) in [5.41, 5.74) is 2.62. The Morgan fingerprint density at radius 1 is 1.12 bits per heavy atom. The Hall–Kier alpha value is -2.18. The third-order valence-corrected chi connectivity index (χ3v) is 7.07. The molecule has 1 heterocycles. The lowest BCUT2D eigenvalue weighted by Crippen LogP contribution is -2.35. The second kappa shape index (κ2) is 5.93. The lowest BCUT2D eigenvalue weighted by Gasteiger charge is -2.15. The Kier molecular flexibility index (Phi) is 3.93. The molecule has 1 N–H and O–H groups in total. The maximum atomic E-state index is 12.9. The van der Waals surface area contributed by atoms with Crippen molar-refractivity contribution < 1.29 is 13.2 Å². The Bertz CT molecular complexity index is 972. The Morgan fingerprint density at radius 3 is 2.50 bits per heavy atom. The normalized spacial score (nSPS) is 24.4. The van der Waals surface area contributed by atoms with E-state index in [2.05, 4.69) is 4.72 Å². The van der Waals surface area contributed by atoms with Gasteiger partial charge in [-0.2, -0.15) is 0 Å². The summed E-state index contributed by atoms with van der Waals surface area (Å²) in [5, 5.41) is 0. The molecular formula is C20H22N2O3S. The minimum Gasteiger partial charge on any atom is -0.334 e. The summed E-state index contributed by atoms with van der Waals surface area (Å²) in [4.78, 5) is 13.5. The number of fused-ring (bicyclic) bond motifs is 1. The van der Waals surface area contributed by atoms with Gasteiger partial charge in [-0.3, -0.25) is 4.79 Å². The smallest absolute Gasteiger partial charge is 0.241 e. The topological polar surface area (TPSA) is 66.5 Å². The molecule has 1 saturated carbocycles. The van der Waals surface area contributed by atoms with E-state index in [-0.39, 0.29) is 16.7 Å². The van der Waals surface area contributed by atoms with Gasteiger partial charge in [-0.1, -0.05) is 36.4 Å². The van der Waals surface area contributed by atoms with Crippen LogP contribution in [-0.4, -0.2) is 24.8 Å². The molecular weight excluding hydrogens is 348 g/mol. The Morgan fingerprint density at radius 2 is 1.81 bits per heavy atom. The quantitative estimate of drug-likeness (QED) is 0.900. The third kappa shape index (κ3) is 3.04. The van der Waals surface area contributed by atoms with E-state index in [1.807, 2.05) is 43.3 Å². The number of hydrogen-bond donors (Lipinski definition) is 1. The summed E-state index contributed by atoms with van der Waals surface area (Å²) < 4.78 is 28.7. The van der Waals surface area contributed by atoms with Gasteiger partial charge in [0, 0.05) is 31.5 Å². The van der Waals surface area contributed by atoms with Crippen LogP contribution in [0.15, 0.2) is 53.4 Å².